The Hall–Kier alpha value is -2.24. The summed E-state index contributed by atoms with van der Waals surface area (Å²) in [4.78, 5) is 4.59. The molecule has 3 rings (SSSR count). The summed E-state index contributed by atoms with van der Waals surface area (Å²) < 4.78 is 18.3. The van der Waals surface area contributed by atoms with Crippen LogP contribution in [-0.2, 0) is 13.1 Å². The molecular weight excluding hydrogens is 311 g/mol. The molecule has 0 spiro atoms. The molecule has 118 valence electrons. The molecular formula is C18H17FN2OS. The number of para-hydroxylation sites is 1. The standard InChI is InChI=1S/C18H17FN2OS/c1-22-17-5-3-2-4-14(17)10-20-11-16-12-23-18(21-16)13-6-8-15(19)9-7-13/h2-9,12,20H,10-11H2,1H3. The number of nitrogens with zero attached hydrogens (tertiary/aromatic N) is 1. The predicted molar refractivity (Wildman–Crippen MR) is 91.0 cm³/mol. The van der Waals surface area contributed by atoms with E-state index in [0.717, 1.165) is 27.6 Å². The molecule has 1 N–H and O–H groups in total. The van der Waals surface area contributed by atoms with Crippen molar-refractivity contribution in [1.29, 1.82) is 0 Å². The number of ether oxygens (including phenoxy) is 1. The number of benzene rings is 2. The van der Waals surface area contributed by atoms with Gasteiger partial charge in [-0.3, -0.25) is 0 Å². The molecule has 0 aliphatic carbocycles. The van der Waals surface area contributed by atoms with E-state index in [-0.39, 0.29) is 5.82 Å². The topological polar surface area (TPSA) is 34.1 Å². The van der Waals surface area contributed by atoms with E-state index in [1.54, 1.807) is 30.6 Å². The molecule has 2 aromatic carbocycles. The average molecular weight is 328 g/mol. The highest BCUT2D eigenvalue weighted by Gasteiger charge is 2.06. The molecule has 0 saturated heterocycles. The van der Waals surface area contributed by atoms with E-state index in [2.05, 4.69) is 10.3 Å². The van der Waals surface area contributed by atoms with Crippen LogP contribution in [0.3, 0.4) is 0 Å². The zero-order valence-corrected chi connectivity index (χ0v) is 13.6. The molecule has 23 heavy (non-hydrogen) atoms. The van der Waals surface area contributed by atoms with Gasteiger partial charge in [-0.25, -0.2) is 9.37 Å². The number of hydrogen-bond donors (Lipinski definition) is 1. The van der Waals surface area contributed by atoms with Crippen LogP contribution >= 0.6 is 11.3 Å². The summed E-state index contributed by atoms with van der Waals surface area (Å²) in [5.41, 5.74) is 3.03. The SMILES string of the molecule is COc1ccccc1CNCc1csc(-c2ccc(F)cc2)n1. The molecule has 0 amide bonds. The van der Waals surface area contributed by atoms with Crippen molar-refractivity contribution in [3.63, 3.8) is 0 Å². The van der Waals surface area contributed by atoms with Gasteiger partial charge in [0.2, 0.25) is 0 Å². The van der Waals surface area contributed by atoms with Gasteiger partial charge in [0.15, 0.2) is 0 Å². The smallest absolute Gasteiger partial charge is 0.123 e. The molecule has 0 saturated carbocycles. The monoisotopic (exact) mass is 328 g/mol. The van der Waals surface area contributed by atoms with Gasteiger partial charge in [-0.15, -0.1) is 11.3 Å². The minimum atomic E-state index is -0.232. The second-order valence-electron chi connectivity index (χ2n) is 5.07. The summed E-state index contributed by atoms with van der Waals surface area (Å²) in [5, 5.41) is 6.29. The maximum atomic E-state index is 13.0. The summed E-state index contributed by atoms with van der Waals surface area (Å²) in [6, 6.07) is 14.4. The summed E-state index contributed by atoms with van der Waals surface area (Å²) in [6.45, 7) is 1.39. The van der Waals surface area contributed by atoms with Gasteiger partial charge in [0.1, 0.15) is 16.6 Å². The Morgan fingerprint density at radius 1 is 1.09 bits per heavy atom. The highest BCUT2D eigenvalue weighted by molar-refractivity contribution is 7.13. The second-order valence-corrected chi connectivity index (χ2v) is 5.92. The molecule has 1 aromatic heterocycles. The van der Waals surface area contributed by atoms with E-state index < -0.39 is 0 Å². The van der Waals surface area contributed by atoms with Crippen LogP contribution < -0.4 is 10.1 Å². The Morgan fingerprint density at radius 2 is 1.87 bits per heavy atom. The van der Waals surface area contributed by atoms with Crippen LogP contribution in [0, 0.1) is 5.82 Å². The zero-order chi connectivity index (χ0) is 16.1. The van der Waals surface area contributed by atoms with Gasteiger partial charge >= 0.3 is 0 Å². The van der Waals surface area contributed by atoms with Crippen molar-refractivity contribution in [2.75, 3.05) is 7.11 Å². The van der Waals surface area contributed by atoms with Crippen LogP contribution in [-0.4, -0.2) is 12.1 Å². The maximum Gasteiger partial charge on any atom is 0.123 e. The van der Waals surface area contributed by atoms with Crippen molar-refractivity contribution in [3.05, 3.63) is 71.0 Å². The van der Waals surface area contributed by atoms with Crippen LogP contribution in [0.25, 0.3) is 10.6 Å². The first-order chi connectivity index (χ1) is 11.3. The number of aromatic nitrogens is 1. The predicted octanol–water partition coefficient (Wildman–Crippen LogP) is 4.25. The number of methoxy groups -OCH3 is 1. The number of hydrogen-bond acceptors (Lipinski definition) is 4. The molecule has 0 fully saturated rings. The summed E-state index contributed by atoms with van der Waals surface area (Å²) >= 11 is 1.56. The fourth-order valence-corrected chi connectivity index (χ4v) is 3.11. The van der Waals surface area contributed by atoms with Crippen molar-refractivity contribution in [1.82, 2.24) is 10.3 Å². The molecule has 3 aromatic rings. The van der Waals surface area contributed by atoms with Crippen molar-refractivity contribution in [2.45, 2.75) is 13.1 Å². The average Bonchev–Trinajstić information content (AvgIpc) is 3.05. The first-order valence-electron chi connectivity index (χ1n) is 7.29. The third-order valence-corrected chi connectivity index (χ3v) is 4.40. The third kappa shape index (κ3) is 3.94. The molecule has 0 bridgehead atoms. The summed E-state index contributed by atoms with van der Waals surface area (Å²) in [6.07, 6.45) is 0. The van der Waals surface area contributed by atoms with Crippen LogP contribution in [0.1, 0.15) is 11.3 Å². The van der Waals surface area contributed by atoms with Gasteiger partial charge < -0.3 is 10.1 Å². The van der Waals surface area contributed by atoms with Crippen LogP contribution in [0.15, 0.2) is 53.9 Å². The number of thiazole rings is 1. The molecule has 0 aliphatic heterocycles. The Labute approximate surface area is 138 Å². The highest BCUT2D eigenvalue weighted by Crippen LogP contribution is 2.24. The lowest BCUT2D eigenvalue weighted by molar-refractivity contribution is 0.407. The Balaban J connectivity index is 1.60. The normalized spacial score (nSPS) is 10.7. The summed E-state index contributed by atoms with van der Waals surface area (Å²) in [5.74, 6) is 0.647. The van der Waals surface area contributed by atoms with Gasteiger partial charge in [-0.2, -0.15) is 0 Å². The van der Waals surface area contributed by atoms with Gasteiger partial charge in [-0.1, -0.05) is 18.2 Å². The highest BCUT2D eigenvalue weighted by atomic mass is 32.1. The van der Waals surface area contributed by atoms with Gasteiger partial charge in [0.05, 0.1) is 12.8 Å². The first kappa shape index (κ1) is 15.6. The van der Waals surface area contributed by atoms with Gasteiger partial charge in [0, 0.05) is 29.6 Å². The first-order valence-corrected chi connectivity index (χ1v) is 8.17. The van der Waals surface area contributed by atoms with Crippen molar-refractivity contribution in [2.24, 2.45) is 0 Å². The minimum Gasteiger partial charge on any atom is -0.496 e. The van der Waals surface area contributed by atoms with Gasteiger partial charge in [-0.05, 0) is 30.3 Å². The van der Waals surface area contributed by atoms with Crippen LogP contribution in [0.5, 0.6) is 5.75 Å². The molecule has 0 radical (unpaired) electrons. The molecule has 3 nitrogen and oxygen atoms in total. The van der Waals surface area contributed by atoms with E-state index in [9.17, 15) is 4.39 Å². The van der Waals surface area contributed by atoms with Gasteiger partial charge in [0.25, 0.3) is 0 Å². The minimum absolute atomic E-state index is 0.232. The van der Waals surface area contributed by atoms with E-state index >= 15 is 0 Å². The molecule has 0 aliphatic rings. The fourth-order valence-electron chi connectivity index (χ4n) is 2.29. The largest absolute Gasteiger partial charge is 0.496 e. The second kappa shape index (κ2) is 7.35. The van der Waals surface area contributed by atoms with Crippen molar-refractivity contribution >= 4 is 11.3 Å². The van der Waals surface area contributed by atoms with Crippen molar-refractivity contribution in [3.8, 4) is 16.3 Å². The van der Waals surface area contributed by atoms with E-state index in [1.165, 1.54) is 12.1 Å². The zero-order valence-electron chi connectivity index (χ0n) is 12.8. The molecule has 1 heterocycles. The molecule has 5 heteroatoms. The lowest BCUT2D eigenvalue weighted by atomic mass is 10.2. The third-order valence-electron chi connectivity index (χ3n) is 3.46. The fraction of sp³-hybridized carbons (Fsp3) is 0.167. The Morgan fingerprint density at radius 3 is 2.65 bits per heavy atom. The van der Waals surface area contributed by atoms with E-state index in [4.69, 9.17) is 4.74 Å². The van der Waals surface area contributed by atoms with Crippen molar-refractivity contribution < 1.29 is 9.13 Å². The van der Waals surface area contributed by atoms with Crippen LogP contribution in [0.2, 0.25) is 0 Å². The number of rotatable bonds is 6. The summed E-state index contributed by atoms with van der Waals surface area (Å²) in [7, 11) is 1.67. The Kier molecular flexibility index (Phi) is 5.00. The number of nitrogens with one attached hydrogen (secondary N) is 1. The van der Waals surface area contributed by atoms with E-state index in [1.807, 2.05) is 29.6 Å². The Bertz CT molecular complexity index is 771. The lowest BCUT2D eigenvalue weighted by Crippen LogP contribution is -2.13. The molecule has 0 unspecified atom stereocenters. The van der Waals surface area contributed by atoms with E-state index in [0.29, 0.717) is 13.1 Å². The quantitative estimate of drug-likeness (QED) is 0.734. The maximum absolute atomic E-state index is 13.0. The molecule has 0 atom stereocenters. The number of halogens is 1. The van der Waals surface area contributed by atoms with Crippen LogP contribution in [0.4, 0.5) is 4.39 Å². The lowest BCUT2D eigenvalue weighted by Gasteiger charge is -2.08.